The normalized spacial score (nSPS) is 22.6. The molecule has 1 amide bonds. The average Bonchev–Trinajstić information content (AvgIpc) is 2.41. The number of rotatable bonds is 1. The van der Waals surface area contributed by atoms with Crippen molar-refractivity contribution in [1.82, 2.24) is 5.32 Å². The van der Waals surface area contributed by atoms with Crippen LogP contribution in [-0.4, -0.2) is 31.4 Å². The van der Waals surface area contributed by atoms with Gasteiger partial charge in [-0.1, -0.05) is 6.07 Å². The van der Waals surface area contributed by atoms with Crippen LogP contribution in [0.15, 0.2) is 18.2 Å². The molecule has 0 aromatic heterocycles. The van der Waals surface area contributed by atoms with Gasteiger partial charge in [0.05, 0.1) is 12.5 Å². The standard InChI is InChI=1S/C13H13NO4/c15-10-7-14-13(16)6-9(10)8-1-2-11-12(5-8)18-4-3-17-11/h1-2,5,9H,3-4,6-7H2,(H,14,16). The predicted molar refractivity (Wildman–Crippen MR) is 62.8 cm³/mol. The van der Waals surface area contributed by atoms with Crippen LogP contribution in [0.1, 0.15) is 17.9 Å². The van der Waals surface area contributed by atoms with Gasteiger partial charge in [-0.2, -0.15) is 0 Å². The fourth-order valence-corrected chi connectivity index (χ4v) is 2.26. The molecule has 1 fully saturated rings. The van der Waals surface area contributed by atoms with Crippen LogP contribution in [0.4, 0.5) is 0 Å². The Labute approximate surface area is 104 Å². The molecule has 3 rings (SSSR count). The number of carbonyl (C=O) groups excluding carboxylic acids is 2. The number of Topliss-reactive ketones (excluding diaryl/α,β-unsaturated/α-hetero) is 1. The maximum Gasteiger partial charge on any atom is 0.221 e. The Morgan fingerprint density at radius 2 is 1.89 bits per heavy atom. The van der Waals surface area contributed by atoms with Crippen LogP contribution in [-0.2, 0) is 9.59 Å². The third-order valence-electron chi connectivity index (χ3n) is 3.21. The van der Waals surface area contributed by atoms with Crippen LogP contribution < -0.4 is 14.8 Å². The first-order chi connectivity index (χ1) is 8.74. The van der Waals surface area contributed by atoms with Crippen molar-refractivity contribution in [3.05, 3.63) is 23.8 Å². The molecule has 0 aliphatic carbocycles. The number of piperidine rings is 1. The summed E-state index contributed by atoms with van der Waals surface area (Å²) in [5.74, 6) is 0.922. The van der Waals surface area contributed by atoms with E-state index >= 15 is 0 Å². The summed E-state index contributed by atoms with van der Waals surface area (Å²) in [5.41, 5.74) is 0.819. The van der Waals surface area contributed by atoms with E-state index in [1.54, 1.807) is 12.1 Å². The second kappa shape index (κ2) is 4.33. The Kier molecular flexibility index (Phi) is 2.66. The van der Waals surface area contributed by atoms with Crippen molar-refractivity contribution >= 4 is 11.7 Å². The third-order valence-corrected chi connectivity index (χ3v) is 3.21. The molecule has 94 valence electrons. The highest BCUT2D eigenvalue weighted by atomic mass is 16.6. The highest BCUT2D eigenvalue weighted by molar-refractivity contribution is 5.97. The summed E-state index contributed by atoms with van der Waals surface area (Å²) >= 11 is 0. The maximum absolute atomic E-state index is 11.8. The van der Waals surface area contributed by atoms with E-state index < -0.39 is 0 Å². The van der Waals surface area contributed by atoms with E-state index in [9.17, 15) is 9.59 Å². The highest BCUT2D eigenvalue weighted by Gasteiger charge is 2.29. The lowest BCUT2D eigenvalue weighted by atomic mass is 9.88. The van der Waals surface area contributed by atoms with Crippen molar-refractivity contribution in [2.45, 2.75) is 12.3 Å². The van der Waals surface area contributed by atoms with Crippen LogP contribution in [0.5, 0.6) is 11.5 Å². The van der Waals surface area contributed by atoms with E-state index in [-0.39, 0.29) is 30.6 Å². The minimum atomic E-state index is -0.366. The zero-order valence-corrected chi connectivity index (χ0v) is 9.77. The minimum Gasteiger partial charge on any atom is -0.486 e. The quantitative estimate of drug-likeness (QED) is 0.790. The smallest absolute Gasteiger partial charge is 0.221 e. The lowest BCUT2D eigenvalue weighted by Gasteiger charge is -2.23. The number of hydrogen-bond acceptors (Lipinski definition) is 4. The summed E-state index contributed by atoms with van der Waals surface area (Å²) in [7, 11) is 0. The van der Waals surface area contributed by atoms with Gasteiger partial charge < -0.3 is 14.8 Å². The zero-order valence-electron chi connectivity index (χ0n) is 9.77. The molecule has 1 saturated heterocycles. The first-order valence-electron chi connectivity index (χ1n) is 5.93. The van der Waals surface area contributed by atoms with Crippen molar-refractivity contribution in [3.63, 3.8) is 0 Å². The summed E-state index contributed by atoms with van der Waals surface area (Å²) in [6.45, 7) is 1.16. The molecule has 0 saturated carbocycles. The molecule has 0 bridgehead atoms. The molecular formula is C13H13NO4. The molecule has 1 atom stereocenters. The summed E-state index contributed by atoms with van der Waals surface area (Å²) in [6.07, 6.45) is 0.207. The number of hydrogen-bond donors (Lipinski definition) is 1. The second-order valence-electron chi connectivity index (χ2n) is 4.40. The van der Waals surface area contributed by atoms with Gasteiger partial charge in [-0.3, -0.25) is 9.59 Å². The topological polar surface area (TPSA) is 64.6 Å². The van der Waals surface area contributed by atoms with E-state index in [2.05, 4.69) is 5.32 Å². The SMILES string of the molecule is O=C1CC(c2ccc3c(c2)OCCO3)C(=O)CN1. The van der Waals surface area contributed by atoms with Crippen molar-refractivity contribution in [3.8, 4) is 11.5 Å². The molecule has 0 radical (unpaired) electrons. The van der Waals surface area contributed by atoms with Crippen molar-refractivity contribution < 1.29 is 19.1 Å². The van der Waals surface area contributed by atoms with E-state index in [4.69, 9.17) is 9.47 Å². The molecule has 1 N–H and O–H groups in total. The largest absolute Gasteiger partial charge is 0.486 e. The van der Waals surface area contributed by atoms with Crippen LogP contribution in [0, 0.1) is 0 Å². The molecule has 2 heterocycles. The van der Waals surface area contributed by atoms with Gasteiger partial charge in [0.2, 0.25) is 5.91 Å². The summed E-state index contributed by atoms with van der Waals surface area (Å²) < 4.78 is 10.9. The van der Waals surface area contributed by atoms with Gasteiger partial charge >= 0.3 is 0 Å². The fraction of sp³-hybridized carbons (Fsp3) is 0.385. The molecule has 2 aliphatic rings. The molecule has 5 nitrogen and oxygen atoms in total. The van der Waals surface area contributed by atoms with Gasteiger partial charge in [0, 0.05) is 6.42 Å². The number of ketones is 1. The Morgan fingerprint density at radius 3 is 2.72 bits per heavy atom. The molecule has 1 aromatic carbocycles. The average molecular weight is 247 g/mol. The van der Waals surface area contributed by atoms with Gasteiger partial charge in [0.25, 0.3) is 0 Å². The molecule has 1 unspecified atom stereocenters. The number of benzene rings is 1. The van der Waals surface area contributed by atoms with Crippen LogP contribution >= 0.6 is 0 Å². The summed E-state index contributed by atoms with van der Waals surface area (Å²) in [5, 5.41) is 2.55. The monoisotopic (exact) mass is 247 g/mol. The van der Waals surface area contributed by atoms with Gasteiger partial charge in [-0.15, -0.1) is 0 Å². The predicted octanol–water partition coefficient (Wildman–Crippen LogP) is 0.630. The first kappa shape index (κ1) is 11.1. The zero-order chi connectivity index (χ0) is 12.5. The highest BCUT2D eigenvalue weighted by Crippen LogP contribution is 2.34. The molecule has 18 heavy (non-hydrogen) atoms. The summed E-state index contributed by atoms with van der Waals surface area (Å²) in [6, 6.07) is 5.42. The van der Waals surface area contributed by atoms with Gasteiger partial charge in [-0.25, -0.2) is 0 Å². The van der Waals surface area contributed by atoms with Crippen LogP contribution in [0.3, 0.4) is 0 Å². The Hall–Kier alpha value is -2.04. The van der Waals surface area contributed by atoms with Gasteiger partial charge in [0.15, 0.2) is 17.3 Å². The molecule has 1 aromatic rings. The molecule has 0 spiro atoms. The maximum atomic E-state index is 11.8. The number of amides is 1. The third kappa shape index (κ3) is 1.92. The lowest BCUT2D eigenvalue weighted by molar-refractivity contribution is -0.131. The fourth-order valence-electron chi connectivity index (χ4n) is 2.26. The van der Waals surface area contributed by atoms with Gasteiger partial charge in [-0.05, 0) is 17.7 Å². The van der Waals surface area contributed by atoms with Crippen LogP contribution in [0.25, 0.3) is 0 Å². The second-order valence-corrected chi connectivity index (χ2v) is 4.40. The van der Waals surface area contributed by atoms with Crippen LogP contribution in [0.2, 0.25) is 0 Å². The minimum absolute atomic E-state index is 0.0336. The Balaban J connectivity index is 1.91. The van der Waals surface area contributed by atoms with Crippen molar-refractivity contribution in [2.24, 2.45) is 0 Å². The van der Waals surface area contributed by atoms with E-state index in [0.29, 0.717) is 24.7 Å². The Morgan fingerprint density at radius 1 is 1.11 bits per heavy atom. The first-order valence-corrected chi connectivity index (χ1v) is 5.93. The molecule has 2 aliphatic heterocycles. The number of carbonyl (C=O) groups is 2. The van der Waals surface area contributed by atoms with Gasteiger partial charge in [0.1, 0.15) is 13.2 Å². The molecular weight excluding hydrogens is 234 g/mol. The van der Waals surface area contributed by atoms with Crippen molar-refractivity contribution in [2.75, 3.05) is 19.8 Å². The number of fused-ring (bicyclic) bond motifs is 1. The number of ether oxygens (including phenoxy) is 2. The van der Waals surface area contributed by atoms with E-state index in [1.165, 1.54) is 0 Å². The Bertz CT molecular complexity index is 512. The lowest BCUT2D eigenvalue weighted by Crippen LogP contribution is -2.39. The van der Waals surface area contributed by atoms with E-state index in [1.807, 2.05) is 6.07 Å². The summed E-state index contributed by atoms with van der Waals surface area (Å²) in [4.78, 5) is 23.2. The number of nitrogens with one attached hydrogen (secondary N) is 1. The van der Waals surface area contributed by atoms with E-state index in [0.717, 1.165) is 5.56 Å². The van der Waals surface area contributed by atoms with Crippen molar-refractivity contribution in [1.29, 1.82) is 0 Å². The molecule has 5 heteroatoms.